The van der Waals surface area contributed by atoms with Crippen molar-refractivity contribution in [2.24, 2.45) is 0 Å². The van der Waals surface area contributed by atoms with Crippen LogP contribution in [-0.2, 0) is 4.79 Å². The van der Waals surface area contributed by atoms with Gasteiger partial charge in [0.15, 0.2) is 11.5 Å². The third-order valence-corrected chi connectivity index (χ3v) is 4.73. The maximum atomic E-state index is 12.8. The molecule has 0 spiro atoms. The third-order valence-electron chi connectivity index (χ3n) is 4.19. The number of ether oxygens (including phenoxy) is 2. The van der Waals surface area contributed by atoms with E-state index in [4.69, 9.17) is 9.47 Å². The van der Waals surface area contributed by atoms with Crippen LogP contribution < -0.4 is 9.47 Å². The zero-order valence-electron chi connectivity index (χ0n) is 13.8. The van der Waals surface area contributed by atoms with E-state index in [1.54, 1.807) is 18.2 Å². The highest BCUT2D eigenvalue weighted by atomic mass is 32.2. The maximum Gasteiger partial charge on any atom is 0.254 e. The van der Waals surface area contributed by atoms with Crippen molar-refractivity contribution in [3.63, 3.8) is 0 Å². The molecule has 1 aromatic rings. The van der Waals surface area contributed by atoms with Crippen LogP contribution in [0.5, 0.6) is 11.5 Å². The summed E-state index contributed by atoms with van der Waals surface area (Å²) in [7, 11) is 0. The minimum absolute atomic E-state index is 0.0221. The van der Waals surface area contributed by atoms with E-state index in [9.17, 15) is 9.59 Å². The summed E-state index contributed by atoms with van der Waals surface area (Å²) in [6.45, 7) is 3.57. The second kappa shape index (κ2) is 7.79. The second-order valence-corrected chi connectivity index (χ2v) is 6.68. The number of fused-ring (bicyclic) bond motifs is 1. The maximum absolute atomic E-state index is 12.8. The van der Waals surface area contributed by atoms with Crippen LogP contribution in [-0.4, -0.2) is 73.0 Å². The summed E-state index contributed by atoms with van der Waals surface area (Å²) in [6.07, 6.45) is 2.73. The lowest BCUT2D eigenvalue weighted by atomic mass is 10.1. The number of thioether (sulfide) groups is 1. The van der Waals surface area contributed by atoms with Gasteiger partial charge >= 0.3 is 0 Å². The molecule has 0 N–H and O–H groups in total. The van der Waals surface area contributed by atoms with Crippen LogP contribution in [0.15, 0.2) is 18.2 Å². The number of rotatable bonds is 3. The van der Waals surface area contributed by atoms with Crippen molar-refractivity contribution in [2.75, 3.05) is 51.4 Å². The molecule has 3 rings (SSSR count). The van der Waals surface area contributed by atoms with Crippen molar-refractivity contribution in [3.8, 4) is 11.5 Å². The van der Waals surface area contributed by atoms with Gasteiger partial charge in [-0.3, -0.25) is 9.59 Å². The molecule has 2 heterocycles. The summed E-state index contributed by atoms with van der Waals surface area (Å²) in [5.74, 6) is 1.93. The van der Waals surface area contributed by atoms with Gasteiger partial charge in [0.25, 0.3) is 5.91 Å². The van der Waals surface area contributed by atoms with E-state index in [0.717, 1.165) is 6.42 Å². The normalized spacial score (nSPS) is 17.4. The fourth-order valence-electron chi connectivity index (χ4n) is 2.94. The summed E-state index contributed by atoms with van der Waals surface area (Å²) in [5.41, 5.74) is 0.600. The van der Waals surface area contributed by atoms with Crippen molar-refractivity contribution < 1.29 is 19.1 Å². The monoisotopic (exact) mass is 350 g/mol. The summed E-state index contributed by atoms with van der Waals surface area (Å²) < 4.78 is 11.0. The van der Waals surface area contributed by atoms with E-state index in [1.165, 1.54) is 11.8 Å². The second-order valence-electron chi connectivity index (χ2n) is 5.82. The van der Waals surface area contributed by atoms with Gasteiger partial charge in [0.2, 0.25) is 5.91 Å². The quantitative estimate of drug-likeness (QED) is 0.827. The molecule has 24 heavy (non-hydrogen) atoms. The summed E-state index contributed by atoms with van der Waals surface area (Å²) in [5, 5.41) is 0. The number of carbonyl (C=O) groups excluding carboxylic acids is 2. The lowest BCUT2D eigenvalue weighted by molar-refractivity contribution is -0.128. The molecule has 0 aromatic heterocycles. The van der Waals surface area contributed by atoms with Crippen molar-refractivity contribution in [3.05, 3.63) is 23.8 Å². The molecule has 7 heteroatoms. The minimum Gasteiger partial charge on any atom is -0.486 e. The fourth-order valence-corrected chi connectivity index (χ4v) is 3.37. The highest BCUT2D eigenvalue weighted by molar-refractivity contribution is 7.99. The Labute approximate surface area is 146 Å². The molecule has 2 aliphatic rings. The van der Waals surface area contributed by atoms with E-state index < -0.39 is 0 Å². The molecule has 2 amide bonds. The van der Waals surface area contributed by atoms with Crippen LogP contribution in [0.3, 0.4) is 0 Å². The Morgan fingerprint density at radius 1 is 1.04 bits per heavy atom. The first kappa shape index (κ1) is 17.0. The molecule has 0 aliphatic carbocycles. The molecule has 1 aromatic carbocycles. The van der Waals surface area contributed by atoms with Gasteiger partial charge in [0, 0.05) is 31.7 Å². The Morgan fingerprint density at radius 3 is 2.54 bits per heavy atom. The Hall–Kier alpha value is -1.89. The van der Waals surface area contributed by atoms with Gasteiger partial charge in [-0.15, -0.1) is 0 Å². The average molecular weight is 350 g/mol. The Balaban J connectivity index is 1.66. The van der Waals surface area contributed by atoms with Gasteiger partial charge in [-0.2, -0.15) is 11.8 Å². The van der Waals surface area contributed by atoms with Crippen LogP contribution in [0.1, 0.15) is 16.8 Å². The zero-order valence-corrected chi connectivity index (χ0v) is 14.6. The number of nitrogens with zero attached hydrogens (tertiary/aromatic N) is 2. The number of hydrogen-bond acceptors (Lipinski definition) is 5. The topological polar surface area (TPSA) is 59.1 Å². The highest BCUT2D eigenvalue weighted by Gasteiger charge is 2.23. The third kappa shape index (κ3) is 3.77. The van der Waals surface area contributed by atoms with Gasteiger partial charge < -0.3 is 19.3 Å². The predicted octanol–water partition coefficient (Wildman–Crippen LogP) is 1.50. The van der Waals surface area contributed by atoms with E-state index in [1.807, 2.05) is 16.1 Å². The molecule has 0 bridgehead atoms. The molecule has 2 aliphatic heterocycles. The van der Waals surface area contributed by atoms with E-state index in [2.05, 4.69) is 0 Å². The number of amides is 2. The SMILES string of the molecule is CSCC(=O)N1CCCN(C(=O)c2ccc3c(c2)OCCO3)CC1. The Kier molecular flexibility index (Phi) is 5.50. The van der Waals surface area contributed by atoms with Crippen molar-refractivity contribution in [1.29, 1.82) is 0 Å². The predicted molar refractivity (Wildman–Crippen MR) is 92.9 cm³/mol. The molecule has 6 nitrogen and oxygen atoms in total. The van der Waals surface area contributed by atoms with Crippen LogP contribution in [0, 0.1) is 0 Å². The molecule has 0 saturated carbocycles. The largest absolute Gasteiger partial charge is 0.486 e. The van der Waals surface area contributed by atoms with Gasteiger partial charge in [-0.25, -0.2) is 0 Å². The Bertz CT molecular complexity index is 623. The first-order valence-corrected chi connectivity index (χ1v) is 9.54. The van der Waals surface area contributed by atoms with Crippen LogP contribution >= 0.6 is 11.8 Å². The molecule has 0 unspecified atom stereocenters. The lowest BCUT2D eigenvalue weighted by Gasteiger charge is -2.23. The van der Waals surface area contributed by atoms with Gasteiger partial charge in [0.1, 0.15) is 13.2 Å². The minimum atomic E-state index is -0.0221. The molecule has 0 radical (unpaired) electrons. The van der Waals surface area contributed by atoms with Crippen LogP contribution in [0.25, 0.3) is 0 Å². The van der Waals surface area contributed by atoms with Gasteiger partial charge in [-0.1, -0.05) is 0 Å². The summed E-state index contributed by atoms with van der Waals surface area (Å²) in [4.78, 5) is 28.5. The van der Waals surface area contributed by atoms with Crippen molar-refractivity contribution in [2.45, 2.75) is 6.42 Å². The number of benzene rings is 1. The first-order valence-electron chi connectivity index (χ1n) is 8.14. The molecule has 1 saturated heterocycles. The van der Waals surface area contributed by atoms with Gasteiger partial charge in [0.05, 0.1) is 5.75 Å². The summed E-state index contributed by atoms with van der Waals surface area (Å²) in [6, 6.07) is 5.31. The number of carbonyl (C=O) groups is 2. The standard InChI is InChI=1S/C17H22N2O4S/c1-24-12-16(20)18-5-2-6-19(8-7-18)17(21)13-3-4-14-15(11-13)23-10-9-22-14/h3-4,11H,2,5-10,12H2,1H3. The van der Waals surface area contributed by atoms with E-state index in [0.29, 0.717) is 62.2 Å². The Morgan fingerprint density at radius 2 is 1.75 bits per heavy atom. The summed E-state index contributed by atoms with van der Waals surface area (Å²) >= 11 is 1.53. The first-order chi connectivity index (χ1) is 11.7. The fraction of sp³-hybridized carbons (Fsp3) is 0.529. The zero-order chi connectivity index (χ0) is 16.9. The molecular formula is C17H22N2O4S. The van der Waals surface area contributed by atoms with Crippen molar-refractivity contribution in [1.82, 2.24) is 9.80 Å². The average Bonchev–Trinajstić information content (AvgIpc) is 2.87. The van der Waals surface area contributed by atoms with E-state index in [-0.39, 0.29) is 11.8 Å². The molecule has 1 fully saturated rings. The molecule has 130 valence electrons. The highest BCUT2D eigenvalue weighted by Crippen LogP contribution is 2.31. The van der Waals surface area contributed by atoms with Crippen LogP contribution in [0.4, 0.5) is 0 Å². The smallest absolute Gasteiger partial charge is 0.254 e. The molecule has 0 atom stereocenters. The number of hydrogen-bond donors (Lipinski definition) is 0. The van der Waals surface area contributed by atoms with Crippen LogP contribution in [0.2, 0.25) is 0 Å². The molecular weight excluding hydrogens is 328 g/mol. The lowest BCUT2D eigenvalue weighted by Crippen LogP contribution is -2.38. The van der Waals surface area contributed by atoms with Gasteiger partial charge in [-0.05, 0) is 30.9 Å². The van der Waals surface area contributed by atoms with Crippen molar-refractivity contribution >= 4 is 23.6 Å². The van der Waals surface area contributed by atoms with E-state index >= 15 is 0 Å².